The number of rotatable bonds is 4. The molecule has 17 heavy (non-hydrogen) atoms. The average Bonchev–Trinajstić information content (AvgIpc) is 2.78. The van der Waals surface area contributed by atoms with Gasteiger partial charge in [-0.25, -0.2) is 0 Å². The van der Waals surface area contributed by atoms with Crippen LogP contribution in [0.15, 0.2) is 23.0 Å². The van der Waals surface area contributed by atoms with Gasteiger partial charge >= 0.3 is 0 Å². The molecule has 2 heterocycles. The molecule has 1 atom stereocenters. The highest BCUT2D eigenvalue weighted by molar-refractivity contribution is 5.53. The zero-order chi connectivity index (χ0) is 12.3. The Bertz CT molecular complexity index is 498. The fraction of sp³-hybridized carbons (Fsp3) is 0.364. The van der Waals surface area contributed by atoms with Gasteiger partial charge < -0.3 is 14.4 Å². The molecule has 0 saturated heterocycles. The van der Waals surface area contributed by atoms with Crippen molar-refractivity contribution in [3.05, 3.63) is 24.3 Å². The molecule has 90 valence electrons. The van der Waals surface area contributed by atoms with Crippen molar-refractivity contribution in [3.63, 3.8) is 0 Å². The molecule has 6 nitrogen and oxygen atoms in total. The Kier molecular flexibility index (Phi) is 3.34. The van der Waals surface area contributed by atoms with Gasteiger partial charge in [-0.2, -0.15) is 4.98 Å². The molecule has 0 amide bonds. The highest BCUT2D eigenvalue weighted by Gasteiger charge is 2.15. The molecule has 0 bridgehead atoms. The zero-order valence-corrected chi connectivity index (χ0v) is 9.62. The van der Waals surface area contributed by atoms with E-state index < -0.39 is 0 Å². The lowest BCUT2D eigenvalue weighted by atomic mass is 10.3. The van der Waals surface area contributed by atoms with Gasteiger partial charge in [0, 0.05) is 12.8 Å². The smallest absolute Gasteiger partial charge is 0.259 e. The zero-order valence-electron chi connectivity index (χ0n) is 9.62. The lowest BCUT2D eigenvalue weighted by Gasteiger charge is -2.04. The van der Waals surface area contributed by atoms with Crippen LogP contribution in [0.25, 0.3) is 11.5 Å². The van der Waals surface area contributed by atoms with Crippen LogP contribution in [0.4, 0.5) is 0 Å². The van der Waals surface area contributed by atoms with E-state index in [2.05, 4.69) is 15.1 Å². The summed E-state index contributed by atoms with van der Waals surface area (Å²) >= 11 is 0. The molecule has 2 aromatic heterocycles. The molecule has 0 aliphatic heterocycles. The van der Waals surface area contributed by atoms with Gasteiger partial charge in [0.25, 0.3) is 5.89 Å². The van der Waals surface area contributed by atoms with Gasteiger partial charge in [0.2, 0.25) is 5.82 Å². The van der Waals surface area contributed by atoms with Crippen molar-refractivity contribution < 1.29 is 14.4 Å². The van der Waals surface area contributed by atoms with Crippen LogP contribution in [-0.2, 0) is 4.74 Å². The van der Waals surface area contributed by atoms with Crippen LogP contribution in [0.2, 0.25) is 0 Å². The Morgan fingerprint density at radius 2 is 2.29 bits per heavy atom. The van der Waals surface area contributed by atoms with Crippen molar-refractivity contribution in [2.24, 2.45) is 0 Å². The van der Waals surface area contributed by atoms with E-state index in [1.165, 1.54) is 12.3 Å². The maximum atomic E-state index is 9.30. The maximum Gasteiger partial charge on any atom is 0.259 e. The highest BCUT2D eigenvalue weighted by Crippen LogP contribution is 2.22. The highest BCUT2D eigenvalue weighted by atomic mass is 16.5. The van der Waals surface area contributed by atoms with Crippen LogP contribution < -0.4 is 0 Å². The molecule has 2 aromatic rings. The molecule has 0 fully saturated rings. The monoisotopic (exact) mass is 235 g/mol. The number of ether oxygens (including phenoxy) is 1. The summed E-state index contributed by atoms with van der Waals surface area (Å²) in [5.41, 5.74) is 0.576. The molecular formula is C11H13N3O3. The van der Waals surface area contributed by atoms with Crippen molar-refractivity contribution >= 4 is 0 Å². The standard InChI is InChI=1S/C11H13N3O3/c1-3-16-7(2)10-13-11(17-14-10)8-4-9(15)6-12-5-8/h4-7,15H,3H2,1-2H3. The Balaban J connectivity index is 2.23. The predicted molar refractivity (Wildman–Crippen MR) is 59.2 cm³/mol. The molecule has 0 aromatic carbocycles. The molecule has 1 unspecified atom stereocenters. The summed E-state index contributed by atoms with van der Waals surface area (Å²) in [4.78, 5) is 8.03. The van der Waals surface area contributed by atoms with Crippen molar-refractivity contribution in [2.45, 2.75) is 20.0 Å². The normalized spacial score (nSPS) is 12.6. The summed E-state index contributed by atoms with van der Waals surface area (Å²) in [6.45, 7) is 4.33. The quantitative estimate of drug-likeness (QED) is 0.872. The van der Waals surface area contributed by atoms with Crippen molar-refractivity contribution in [2.75, 3.05) is 6.61 Å². The van der Waals surface area contributed by atoms with Gasteiger partial charge in [-0.15, -0.1) is 0 Å². The number of aromatic nitrogens is 3. The SMILES string of the molecule is CCOC(C)c1noc(-c2cncc(O)c2)n1. The number of hydrogen-bond donors (Lipinski definition) is 1. The molecular weight excluding hydrogens is 222 g/mol. The van der Waals surface area contributed by atoms with E-state index in [-0.39, 0.29) is 11.9 Å². The van der Waals surface area contributed by atoms with Crippen LogP contribution in [-0.4, -0.2) is 26.8 Å². The topological polar surface area (TPSA) is 81.3 Å². The summed E-state index contributed by atoms with van der Waals surface area (Å²) < 4.78 is 10.4. The van der Waals surface area contributed by atoms with Gasteiger partial charge in [-0.3, -0.25) is 4.98 Å². The van der Waals surface area contributed by atoms with Gasteiger partial charge in [-0.05, 0) is 19.9 Å². The van der Waals surface area contributed by atoms with Crippen molar-refractivity contribution in [1.82, 2.24) is 15.1 Å². The Labute approximate surface area is 98.3 Å². The molecule has 0 radical (unpaired) electrons. The summed E-state index contributed by atoms with van der Waals surface area (Å²) in [5.74, 6) is 0.847. The van der Waals surface area contributed by atoms with Crippen LogP contribution in [0, 0.1) is 0 Å². The minimum atomic E-state index is -0.220. The number of hydrogen-bond acceptors (Lipinski definition) is 6. The van der Waals surface area contributed by atoms with Crippen molar-refractivity contribution in [3.8, 4) is 17.2 Å². The molecule has 1 N–H and O–H groups in total. The molecule has 0 spiro atoms. The van der Waals surface area contributed by atoms with E-state index >= 15 is 0 Å². The third kappa shape index (κ3) is 2.59. The first kappa shape index (κ1) is 11.5. The van der Waals surface area contributed by atoms with E-state index in [4.69, 9.17) is 9.26 Å². The number of nitrogens with zero attached hydrogens (tertiary/aromatic N) is 3. The second kappa shape index (κ2) is 4.92. The summed E-state index contributed by atoms with van der Waals surface area (Å²) in [6, 6.07) is 1.51. The maximum absolute atomic E-state index is 9.30. The van der Waals surface area contributed by atoms with Gasteiger partial charge in [0.15, 0.2) is 0 Å². The fourth-order valence-corrected chi connectivity index (χ4v) is 1.39. The van der Waals surface area contributed by atoms with E-state index in [1.807, 2.05) is 13.8 Å². The second-order valence-corrected chi connectivity index (χ2v) is 3.49. The van der Waals surface area contributed by atoms with Crippen LogP contribution in [0.3, 0.4) is 0 Å². The first-order valence-corrected chi connectivity index (χ1v) is 5.30. The molecule has 0 saturated carbocycles. The van der Waals surface area contributed by atoms with E-state index in [1.54, 1.807) is 6.20 Å². The van der Waals surface area contributed by atoms with Crippen LogP contribution in [0.1, 0.15) is 25.8 Å². The minimum absolute atomic E-state index is 0.0557. The first-order chi connectivity index (χ1) is 8.20. The molecule has 0 aliphatic carbocycles. The average molecular weight is 235 g/mol. The van der Waals surface area contributed by atoms with Gasteiger partial charge in [-0.1, -0.05) is 5.16 Å². The Hall–Kier alpha value is -1.95. The second-order valence-electron chi connectivity index (χ2n) is 3.49. The first-order valence-electron chi connectivity index (χ1n) is 5.30. The van der Waals surface area contributed by atoms with Crippen molar-refractivity contribution in [1.29, 1.82) is 0 Å². The Morgan fingerprint density at radius 3 is 3.00 bits per heavy atom. The number of pyridine rings is 1. The third-order valence-electron chi connectivity index (χ3n) is 2.19. The summed E-state index contributed by atoms with van der Waals surface area (Å²) in [5, 5.41) is 13.1. The molecule has 2 rings (SSSR count). The van der Waals surface area contributed by atoms with Gasteiger partial charge in [0.1, 0.15) is 11.9 Å². The fourth-order valence-electron chi connectivity index (χ4n) is 1.39. The summed E-state index contributed by atoms with van der Waals surface area (Å²) in [7, 11) is 0. The van der Waals surface area contributed by atoms with Gasteiger partial charge in [0.05, 0.1) is 11.8 Å². The lowest BCUT2D eigenvalue weighted by molar-refractivity contribution is 0.0683. The lowest BCUT2D eigenvalue weighted by Crippen LogP contribution is -2.01. The van der Waals surface area contributed by atoms with Crippen LogP contribution in [0.5, 0.6) is 5.75 Å². The predicted octanol–water partition coefficient (Wildman–Crippen LogP) is 1.93. The third-order valence-corrected chi connectivity index (χ3v) is 2.19. The molecule has 6 heteroatoms. The van der Waals surface area contributed by atoms with E-state index in [9.17, 15) is 5.11 Å². The van der Waals surface area contributed by atoms with E-state index in [0.717, 1.165) is 0 Å². The van der Waals surface area contributed by atoms with E-state index in [0.29, 0.717) is 23.9 Å². The minimum Gasteiger partial charge on any atom is -0.506 e. The molecule has 0 aliphatic rings. The summed E-state index contributed by atoms with van der Waals surface area (Å²) in [6.07, 6.45) is 2.66. The van der Waals surface area contributed by atoms with Crippen LogP contribution >= 0.6 is 0 Å². The Morgan fingerprint density at radius 1 is 1.47 bits per heavy atom. The largest absolute Gasteiger partial charge is 0.506 e. The number of aromatic hydroxyl groups is 1.